The van der Waals surface area contributed by atoms with E-state index in [9.17, 15) is 21.6 Å². The van der Waals surface area contributed by atoms with Crippen molar-refractivity contribution in [1.82, 2.24) is 4.31 Å². The van der Waals surface area contributed by atoms with Crippen LogP contribution in [0.2, 0.25) is 0 Å². The molecule has 0 radical (unpaired) electrons. The highest BCUT2D eigenvalue weighted by Gasteiger charge is 2.45. The third kappa shape index (κ3) is 3.16. The zero-order chi connectivity index (χ0) is 15.1. The summed E-state index contributed by atoms with van der Waals surface area (Å²) in [6.45, 7) is -0.473. The number of aliphatic hydroxyl groups excluding tert-OH is 1. The average molecular weight is 329 g/mol. The Hall–Kier alpha value is -0.640. The summed E-state index contributed by atoms with van der Waals surface area (Å²) in [5.41, 5.74) is 0.367. The second-order valence-corrected chi connectivity index (χ2v) is 7.52. The summed E-state index contributed by atoms with van der Waals surface area (Å²) >= 11 is 1.03. The standard InChI is InChI=1S/C11H14F3NO3S2/c1-7-5-19-9(4-16)10(7)20(17,18)15(8-2-3-8)6-11(12,13)14/h5,8,16H,2-4,6H2,1H3. The van der Waals surface area contributed by atoms with E-state index >= 15 is 0 Å². The van der Waals surface area contributed by atoms with Gasteiger partial charge in [0.1, 0.15) is 11.4 Å². The fraction of sp³-hybridized carbons (Fsp3) is 0.636. The molecule has 114 valence electrons. The van der Waals surface area contributed by atoms with E-state index in [-0.39, 0.29) is 9.77 Å². The van der Waals surface area contributed by atoms with Crippen molar-refractivity contribution in [2.75, 3.05) is 6.54 Å². The number of sulfonamides is 1. The van der Waals surface area contributed by atoms with Gasteiger partial charge in [0.05, 0.1) is 11.5 Å². The van der Waals surface area contributed by atoms with Crippen molar-refractivity contribution in [2.45, 2.75) is 43.5 Å². The van der Waals surface area contributed by atoms with Gasteiger partial charge in [-0.2, -0.15) is 17.5 Å². The molecule has 1 fully saturated rings. The Morgan fingerprint density at radius 1 is 1.45 bits per heavy atom. The van der Waals surface area contributed by atoms with Gasteiger partial charge in [0.2, 0.25) is 10.0 Å². The quantitative estimate of drug-likeness (QED) is 0.901. The number of aliphatic hydroxyl groups is 1. The van der Waals surface area contributed by atoms with Crippen molar-refractivity contribution >= 4 is 21.4 Å². The number of rotatable bonds is 5. The molecule has 0 aromatic carbocycles. The normalized spacial score (nSPS) is 16.9. The Morgan fingerprint density at radius 3 is 2.50 bits per heavy atom. The van der Waals surface area contributed by atoms with Crippen LogP contribution in [0.1, 0.15) is 23.3 Å². The molecule has 0 spiro atoms. The van der Waals surface area contributed by atoms with Crippen LogP contribution in [0.4, 0.5) is 13.2 Å². The van der Waals surface area contributed by atoms with E-state index in [4.69, 9.17) is 5.11 Å². The van der Waals surface area contributed by atoms with Gasteiger partial charge in [-0.15, -0.1) is 11.3 Å². The monoisotopic (exact) mass is 329 g/mol. The van der Waals surface area contributed by atoms with Crippen LogP contribution in [0.5, 0.6) is 0 Å². The fourth-order valence-electron chi connectivity index (χ4n) is 2.01. The van der Waals surface area contributed by atoms with Gasteiger partial charge in [-0.3, -0.25) is 0 Å². The van der Waals surface area contributed by atoms with Gasteiger partial charge >= 0.3 is 6.18 Å². The lowest BCUT2D eigenvalue weighted by atomic mass is 10.3. The number of nitrogens with zero attached hydrogens (tertiary/aromatic N) is 1. The maximum atomic E-state index is 12.6. The molecule has 0 unspecified atom stereocenters. The van der Waals surface area contributed by atoms with Gasteiger partial charge in [-0.05, 0) is 30.7 Å². The number of aryl methyl sites for hydroxylation is 1. The molecule has 1 N–H and O–H groups in total. The first-order valence-electron chi connectivity index (χ1n) is 5.93. The van der Waals surface area contributed by atoms with Crippen LogP contribution in [0.15, 0.2) is 10.3 Å². The molecule has 0 bridgehead atoms. The summed E-state index contributed by atoms with van der Waals surface area (Å²) in [7, 11) is -4.24. The SMILES string of the molecule is Cc1csc(CO)c1S(=O)(=O)N(CC(F)(F)F)C1CC1. The van der Waals surface area contributed by atoms with Gasteiger partial charge in [-0.1, -0.05) is 0 Å². The van der Waals surface area contributed by atoms with Gasteiger partial charge in [0.25, 0.3) is 0 Å². The van der Waals surface area contributed by atoms with E-state index in [1.807, 2.05) is 0 Å². The van der Waals surface area contributed by atoms with Crippen molar-refractivity contribution in [3.05, 3.63) is 15.8 Å². The minimum absolute atomic E-state index is 0.176. The topological polar surface area (TPSA) is 57.6 Å². The molecule has 1 aromatic rings. The Bertz CT molecular complexity index is 591. The van der Waals surface area contributed by atoms with E-state index < -0.39 is 35.4 Å². The van der Waals surface area contributed by atoms with Crippen molar-refractivity contribution < 1.29 is 26.7 Å². The fourth-order valence-corrected chi connectivity index (χ4v) is 5.30. The van der Waals surface area contributed by atoms with E-state index in [1.165, 1.54) is 12.3 Å². The second kappa shape index (κ2) is 5.28. The largest absolute Gasteiger partial charge is 0.402 e. The molecule has 0 amide bonds. The molecule has 1 aliphatic rings. The lowest BCUT2D eigenvalue weighted by molar-refractivity contribution is -0.137. The van der Waals surface area contributed by atoms with Crippen LogP contribution in [0, 0.1) is 6.92 Å². The first-order chi connectivity index (χ1) is 9.16. The molecular weight excluding hydrogens is 315 g/mol. The maximum Gasteiger partial charge on any atom is 0.402 e. The molecule has 1 aromatic heterocycles. The van der Waals surface area contributed by atoms with Gasteiger partial charge in [0, 0.05) is 6.04 Å². The molecule has 2 rings (SSSR count). The van der Waals surface area contributed by atoms with Crippen molar-refractivity contribution in [3.8, 4) is 0 Å². The maximum absolute atomic E-state index is 12.6. The zero-order valence-electron chi connectivity index (χ0n) is 10.6. The van der Waals surface area contributed by atoms with Crippen LogP contribution in [0.3, 0.4) is 0 Å². The first-order valence-corrected chi connectivity index (χ1v) is 8.25. The minimum atomic E-state index is -4.58. The molecular formula is C11H14F3NO3S2. The Balaban J connectivity index is 2.43. The molecule has 0 saturated heterocycles. The number of hydrogen-bond acceptors (Lipinski definition) is 4. The van der Waals surface area contributed by atoms with E-state index in [0.29, 0.717) is 22.7 Å². The summed E-state index contributed by atoms with van der Waals surface area (Å²) in [5.74, 6) is 0. The molecule has 20 heavy (non-hydrogen) atoms. The summed E-state index contributed by atoms with van der Waals surface area (Å²) in [6.07, 6.45) is -3.71. The van der Waals surface area contributed by atoms with E-state index in [0.717, 1.165) is 11.3 Å². The van der Waals surface area contributed by atoms with Crippen molar-refractivity contribution in [1.29, 1.82) is 0 Å². The molecule has 1 saturated carbocycles. The second-order valence-electron chi connectivity index (χ2n) is 4.73. The number of halogens is 3. The minimum Gasteiger partial charge on any atom is -0.391 e. The lowest BCUT2D eigenvalue weighted by Crippen LogP contribution is -2.40. The molecule has 0 aliphatic heterocycles. The Morgan fingerprint density at radius 2 is 2.05 bits per heavy atom. The lowest BCUT2D eigenvalue weighted by Gasteiger charge is -2.23. The van der Waals surface area contributed by atoms with Gasteiger partial charge in [-0.25, -0.2) is 8.42 Å². The van der Waals surface area contributed by atoms with Crippen molar-refractivity contribution in [2.24, 2.45) is 0 Å². The van der Waals surface area contributed by atoms with E-state index in [1.54, 1.807) is 0 Å². The smallest absolute Gasteiger partial charge is 0.391 e. The molecule has 9 heteroatoms. The molecule has 4 nitrogen and oxygen atoms in total. The third-order valence-electron chi connectivity index (χ3n) is 2.99. The highest BCUT2D eigenvalue weighted by atomic mass is 32.2. The summed E-state index contributed by atoms with van der Waals surface area (Å²) in [5, 5.41) is 10.7. The van der Waals surface area contributed by atoms with Crippen LogP contribution in [0.25, 0.3) is 0 Å². The Labute approximate surface area is 118 Å². The van der Waals surface area contributed by atoms with Crippen LogP contribution in [-0.4, -0.2) is 36.6 Å². The number of hydrogen-bond donors (Lipinski definition) is 1. The molecule has 1 aliphatic carbocycles. The molecule has 1 heterocycles. The summed E-state index contributed by atoms with van der Waals surface area (Å²) in [4.78, 5) is -0.00326. The highest BCUT2D eigenvalue weighted by Crippen LogP contribution is 2.38. The number of thiophene rings is 1. The van der Waals surface area contributed by atoms with Gasteiger partial charge in [0.15, 0.2) is 0 Å². The predicted octanol–water partition coefficient (Wildman–Crippen LogP) is 2.26. The highest BCUT2D eigenvalue weighted by molar-refractivity contribution is 7.89. The van der Waals surface area contributed by atoms with Crippen LogP contribution < -0.4 is 0 Å². The first kappa shape index (κ1) is 15.7. The molecule has 0 atom stereocenters. The summed E-state index contributed by atoms with van der Waals surface area (Å²) < 4.78 is 63.3. The average Bonchev–Trinajstić information content (AvgIpc) is 3.07. The summed E-state index contributed by atoms with van der Waals surface area (Å²) in [6, 6.07) is -0.590. The zero-order valence-corrected chi connectivity index (χ0v) is 12.3. The Kier molecular flexibility index (Phi) is 4.16. The van der Waals surface area contributed by atoms with Crippen LogP contribution >= 0.6 is 11.3 Å². The van der Waals surface area contributed by atoms with Crippen molar-refractivity contribution in [3.63, 3.8) is 0 Å². The third-order valence-corrected chi connectivity index (χ3v) is 6.34. The van der Waals surface area contributed by atoms with Crippen LogP contribution in [-0.2, 0) is 16.6 Å². The number of alkyl halides is 3. The van der Waals surface area contributed by atoms with E-state index in [2.05, 4.69) is 0 Å². The van der Waals surface area contributed by atoms with Gasteiger partial charge < -0.3 is 5.11 Å². The predicted molar refractivity (Wildman–Crippen MR) is 67.9 cm³/mol.